The van der Waals surface area contributed by atoms with Crippen molar-refractivity contribution in [1.82, 2.24) is 4.90 Å². The highest BCUT2D eigenvalue weighted by atomic mass is 19.1. The Morgan fingerprint density at radius 1 is 1.56 bits per heavy atom. The largest absolute Gasteiger partial charge is 0.384 e. The topological polar surface area (TPSA) is 53.1 Å². The molecule has 1 aliphatic rings. The summed E-state index contributed by atoms with van der Waals surface area (Å²) >= 11 is 0. The second-order valence-electron chi connectivity index (χ2n) is 5.21. The normalized spacial score (nSPS) is 16.9. The standard InChI is InChI=1S/C14H20FN3/c1-9(10-3-4-10)18(2)8-12-6-5-11(14(16)17)7-13(12)15/h5-7,9-10H,3-4,8H2,1-2H3,(H3,16,17). The van der Waals surface area contributed by atoms with Gasteiger partial charge in [-0.1, -0.05) is 12.1 Å². The Labute approximate surface area is 107 Å². The summed E-state index contributed by atoms with van der Waals surface area (Å²) in [5, 5.41) is 7.28. The average molecular weight is 249 g/mol. The quantitative estimate of drug-likeness (QED) is 0.621. The number of nitrogens with two attached hydrogens (primary N) is 1. The SMILES string of the molecule is CC(C1CC1)N(C)Cc1ccc(C(=N)N)cc1F. The van der Waals surface area contributed by atoms with Crippen molar-refractivity contribution < 1.29 is 4.39 Å². The maximum atomic E-state index is 13.9. The van der Waals surface area contributed by atoms with Crippen LogP contribution in [0, 0.1) is 17.1 Å². The maximum absolute atomic E-state index is 13.9. The van der Waals surface area contributed by atoms with Crippen molar-refractivity contribution in [3.05, 3.63) is 35.1 Å². The van der Waals surface area contributed by atoms with Gasteiger partial charge < -0.3 is 5.73 Å². The monoisotopic (exact) mass is 249 g/mol. The molecule has 0 radical (unpaired) electrons. The molecular formula is C14H20FN3. The second kappa shape index (κ2) is 5.06. The van der Waals surface area contributed by atoms with Crippen LogP contribution in [0.3, 0.4) is 0 Å². The number of halogens is 1. The fourth-order valence-corrected chi connectivity index (χ4v) is 2.19. The summed E-state index contributed by atoms with van der Waals surface area (Å²) in [6.45, 7) is 2.79. The Balaban J connectivity index is 2.06. The molecule has 98 valence electrons. The van der Waals surface area contributed by atoms with Crippen molar-refractivity contribution >= 4 is 5.84 Å². The minimum Gasteiger partial charge on any atom is -0.384 e. The van der Waals surface area contributed by atoms with Gasteiger partial charge in [-0.15, -0.1) is 0 Å². The molecule has 1 aliphatic carbocycles. The van der Waals surface area contributed by atoms with Crippen LogP contribution in [-0.2, 0) is 6.54 Å². The lowest BCUT2D eigenvalue weighted by atomic mass is 10.1. The smallest absolute Gasteiger partial charge is 0.128 e. The molecule has 0 amide bonds. The van der Waals surface area contributed by atoms with E-state index in [1.165, 1.54) is 18.9 Å². The van der Waals surface area contributed by atoms with Gasteiger partial charge in [-0.2, -0.15) is 0 Å². The van der Waals surface area contributed by atoms with Crippen molar-refractivity contribution in [3.8, 4) is 0 Å². The van der Waals surface area contributed by atoms with Crippen LogP contribution in [0.4, 0.5) is 4.39 Å². The zero-order chi connectivity index (χ0) is 13.3. The molecular weight excluding hydrogens is 229 g/mol. The molecule has 0 spiro atoms. The van der Waals surface area contributed by atoms with Gasteiger partial charge in [-0.3, -0.25) is 10.3 Å². The number of rotatable bonds is 5. The molecule has 0 heterocycles. The van der Waals surface area contributed by atoms with Crippen molar-refractivity contribution in [1.29, 1.82) is 5.41 Å². The van der Waals surface area contributed by atoms with E-state index in [4.69, 9.17) is 11.1 Å². The highest BCUT2D eigenvalue weighted by Gasteiger charge is 2.30. The second-order valence-corrected chi connectivity index (χ2v) is 5.21. The number of benzene rings is 1. The number of nitrogen functional groups attached to an aromatic ring is 1. The first kappa shape index (κ1) is 13.0. The van der Waals surface area contributed by atoms with E-state index in [2.05, 4.69) is 11.8 Å². The number of nitrogens with one attached hydrogen (secondary N) is 1. The van der Waals surface area contributed by atoms with Gasteiger partial charge in [0.15, 0.2) is 0 Å². The molecule has 4 heteroatoms. The highest BCUT2D eigenvalue weighted by molar-refractivity contribution is 5.94. The third kappa shape index (κ3) is 2.88. The first-order valence-corrected chi connectivity index (χ1v) is 6.32. The van der Waals surface area contributed by atoms with Crippen molar-refractivity contribution in [2.75, 3.05) is 7.05 Å². The lowest BCUT2D eigenvalue weighted by Crippen LogP contribution is -2.30. The summed E-state index contributed by atoms with van der Waals surface area (Å²) in [4.78, 5) is 2.18. The summed E-state index contributed by atoms with van der Waals surface area (Å²) in [7, 11) is 2.03. The minimum atomic E-state index is -0.280. The first-order valence-electron chi connectivity index (χ1n) is 6.32. The Morgan fingerprint density at radius 3 is 2.72 bits per heavy atom. The van der Waals surface area contributed by atoms with Gasteiger partial charge in [0.05, 0.1) is 0 Å². The van der Waals surface area contributed by atoms with Gasteiger partial charge in [-0.05, 0) is 38.8 Å². The van der Waals surface area contributed by atoms with Crippen LogP contribution in [-0.4, -0.2) is 23.8 Å². The Kier molecular flexibility index (Phi) is 3.66. The van der Waals surface area contributed by atoms with Crippen LogP contribution < -0.4 is 5.73 Å². The predicted molar refractivity (Wildman–Crippen MR) is 71.1 cm³/mol. The van der Waals surface area contributed by atoms with Crippen LogP contribution >= 0.6 is 0 Å². The fraction of sp³-hybridized carbons (Fsp3) is 0.500. The van der Waals surface area contributed by atoms with Crippen molar-refractivity contribution in [2.24, 2.45) is 11.7 Å². The molecule has 0 bridgehead atoms. The number of hydrogen-bond acceptors (Lipinski definition) is 2. The lowest BCUT2D eigenvalue weighted by molar-refractivity contribution is 0.224. The van der Waals surface area contributed by atoms with Gasteiger partial charge >= 0.3 is 0 Å². The lowest BCUT2D eigenvalue weighted by Gasteiger charge is -2.24. The molecule has 1 unspecified atom stereocenters. The average Bonchev–Trinajstić information content (AvgIpc) is 3.14. The van der Waals surface area contributed by atoms with E-state index in [-0.39, 0.29) is 11.7 Å². The molecule has 3 nitrogen and oxygen atoms in total. The van der Waals surface area contributed by atoms with E-state index in [0.717, 1.165) is 5.92 Å². The predicted octanol–water partition coefficient (Wildman–Crippen LogP) is 2.34. The Morgan fingerprint density at radius 2 is 2.22 bits per heavy atom. The van der Waals surface area contributed by atoms with E-state index < -0.39 is 0 Å². The first-order chi connectivity index (χ1) is 8.49. The van der Waals surface area contributed by atoms with Crippen LogP contribution in [0.1, 0.15) is 30.9 Å². The number of hydrogen-bond donors (Lipinski definition) is 2. The van der Waals surface area contributed by atoms with Crippen LogP contribution in [0.15, 0.2) is 18.2 Å². The molecule has 0 saturated heterocycles. The molecule has 1 saturated carbocycles. The molecule has 1 aromatic rings. The summed E-state index contributed by atoms with van der Waals surface area (Å²) in [5.74, 6) is 0.396. The van der Waals surface area contributed by atoms with Gasteiger partial charge in [0.25, 0.3) is 0 Å². The van der Waals surface area contributed by atoms with E-state index >= 15 is 0 Å². The molecule has 1 aromatic carbocycles. The van der Waals surface area contributed by atoms with Crippen molar-refractivity contribution in [2.45, 2.75) is 32.4 Å². The van der Waals surface area contributed by atoms with E-state index in [1.54, 1.807) is 12.1 Å². The Hall–Kier alpha value is -1.42. The third-order valence-corrected chi connectivity index (χ3v) is 3.78. The summed E-state index contributed by atoms with van der Waals surface area (Å²) in [6, 6.07) is 5.27. The van der Waals surface area contributed by atoms with Crippen molar-refractivity contribution in [3.63, 3.8) is 0 Å². The summed E-state index contributed by atoms with van der Waals surface area (Å²) < 4.78 is 13.9. The number of nitrogens with zero attached hydrogens (tertiary/aromatic N) is 1. The molecule has 0 aliphatic heterocycles. The molecule has 1 atom stereocenters. The van der Waals surface area contributed by atoms with E-state index in [1.807, 2.05) is 7.05 Å². The Bertz CT molecular complexity index is 454. The molecule has 2 rings (SSSR count). The van der Waals surface area contributed by atoms with Crippen LogP contribution in [0.5, 0.6) is 0 Å². The zero-order valence-corrected chi connectivity index (χ0v) is 10.9. The fourth-order valence-electron chi connectivity index (χ4n) is 2.19. The minimum absolute atomic E-state index is 0.0971. The highest BCUT2D eigenvalue weighted by Crippen LogP contribution is 2.35. The molecule has 1 fully saturated rings. The molecule has 0 aromatic heterocycles. The van der Waals surface area contributed by atoms with Gasteiger partial charge in [0.2, 0.25) is 0 Å². The summed E-state index contributed by atoms with van der Waals surface area (Å²) in [6.07, 6.45) is 2.58. The van der Waals surface area contributed by atoms with Crippen LogP contribution in [0.2, 0.25) is 0 Å². The summed E-state index contributed by atoms with van der Waals surface area (Å²) in [5.41, 5.74) is 6.44. The zero-order valence-electron chi connectivity index (χ0n) is 10.9. The van der Waals surface area contributed by atoms with Crippen LogP contribution in [0.25, 0.3) is 0 Å². The maximum Gasteiger partial charge on any atom is 0.128 e. The number of amidine groups is 1. The van der Waals surface area contributed by atoms with E-state index in [9.17, 15) is 4.39 Å². The third-order valence-electron chi connectivity index (χ3n) is 3.78. The molecule has 3 N–H and O–H groups in total. The van der Waals surface area contributed by atoms with E-state index in [0.29, 0.717) is 23.7 Å². The van der Waals surface area contributed by atoms with Gasteiger partial charge in [-0.25, -0.2) is 4.39 Å². The van der Waals surface area contributed by atoms with Gasteiger partial charge in [0.1, 0.15) is 11.7 Å². The van der Waals surface area contributed by atoms with Gasteiger partial charge in [0, 0.05) is 23.7 Å². The molecule has 18 heavy (non-hydrogen) atoms.